The van der Waals surface area contributed by atoms with Gasteiger partial charge in [-0.15, -0.1) is 0 Å². The van der Waals surface area contributed by atoms with Crippen LogP contribution >= 0.6 is 23.4 Å². The van der Waals surface area contributed by atoms with Gasteiger partial charge in [-0.3, -0.25) is 9.69 Å². The standard InChI is InChI=1S/C19H19ClN2O5S/c1-4-27-19(25)14-12(10-5-7-11(20)8-6-10)13(18(24)26-3)15(21)22-16(23)9(2)28-17(14)22/h5-9,12H,4,21H2,1-3H3/t9-,12-/m1/s1. The van der Waals surface area contributed by atoms with E-state index in [0.717, 1.165) is 0 Å². The molecule has 0 spiro atoms. The number of thioether (sulfide) groups is 1. The molecule has 0 aliphatic carbocycles. The zero-order chi connectivity index (χ0) is 20.6. The summed E-state index contributed by atoms with van der Waals surface area (Å²) >= 11 is 7.20. The lowest BCUT2D eigenvalue weighted by molar-refractivity contribution is -0.139. The molecule has 3 rings (SSSR count). The van der Waals surface area contributed by atoms with E-state index in [-0.39, 0.29) is 29.5 Å². The molecule has 7 nitrogen and oxygen atoms in total. The molecule has 28 heavy (non-hydrogen) atoms. The van der Waals surface area contributed by atoms with Crippen molar-refractivity contribution in [2.75, 3.05) is 13.7 Å². The number of halogens is 1. The van der Waals surface area contributed by atoms with Crippen LogP contribution in [0.3, 0.4) is 0 Å². The zero-order valence-electron chi connectivity index (χ0n) is 15.5. The van der Waals surface area contributed by atoms with Crippen LogP contribution in [0.2, 0.25) is 5.02 Å². The van der Waals surface area contributed by atoms with Gasteiger partial charge in [0.2, 0.25) is 5.91 Å². The van der Waals surface area contributed by atoms with E-state index in [1.807, 2.05) is 0 Å². The van der Waals surface area contributed by atoms with Crippen molar-refractivity contribution in [3.63, 3.8) is 0 Å². The first-order chi connectivity index (χ1) is 13.3. The van der Waals surface area contributed by atoms with Crippen LogP contribution in [0, 0.1) is 0 Å². The molecule has 9 heteroatoms. The normalized spacial score (nSPS) is 21.7. The van der Waals surface area contributed by atoms with Crippen molar-refractivity contribution in [3.05, 3.63) is 56.8 Å². The molecule has 148 valence electrons. The Kier molecular flexibility index (Phi) is 5.71. The fourth-order valence-electron chi connectivity index (χ4n) is 3.24. The molecule has 0 bridgehead atoms. The molecule has 2 aliphatic rings. The van der Waals surface area contributed by atoms with Crippen molar-refractivity contribution < 1.29 is 23.9 Å². The first-order valence-corrected chi connectivity index (χ1v) is 9.82. The lowest BCUT2D eigenvalue weighted by Crippen LogP contribution is -2.40. The molecule has 1 aromatic rings. The minimum atomic E-state index is -0.847. The minimum absolute atomic E-state index is 0.0136. The van der Waals surface area contributed by atoms with Gasteiger partial charge >= 0.3 is 11.9 Å². The molecule has 1 amide bonds. The number of hydrogen-bond acceptors (Lipinski definition) is 7. The van der Waals surface area contributed by atoms with E-state index in [9.17, 15) is 14.4 Å². The number of amides is 1. The lowest BCUT2D eigenvalue weighted by Gasteiger charge is -2.33. The highest BCUT2D eigenvalue weighted by molar-refractivity contribution is 8.04. The fraction of sp³-hybridized carbons (Fsp3) is 0.316. The Balaban J connectivity index is 2.30. The number of methoxy groups -OCH3 is 1. The molecule has 1 fully saturated rings. The average Bonchev–Trinajstić information content (AvgIpc) is 2.96. The van der Waals surface area contributed by atoms with Gasteiger partial charge in [-0.2, -0.15) is 0 Å². The molecular formula is C19H19ClN2O5S. The second-order valence-corrected chi connectivity index (χ2v) is 7.91. The number of nitrogens with two attached hydrogens (primary N) is 1. The van der Waals surface area contributed by atoms with Crippen LogP contribution in [0.4, 0.5) is 0 Å². The second kappa shape index (κ2) is 7.89. The van der Waals surface area contributed by atoms with Crippen LogP contribution in [-0.2, 0) is 23.9 Å². The molecule has 1 aromatic carbocycles. The highest BCUT2D eigenvalue weighted by Crippen LogP contribution is 2.49. The van der Waals surface area contributed by atoms with E-state index in [1.165, 1.54) is 23.8 Å². The van der Waals surface area contributed by atoms with Gasteiger partial charge < -0.3 is 15.2 Å². The minimum Gasteiger partial charge on any atom is -0.466 e. The summed E-state index contributed by atoms with van der Waals surface area (Å²) in [5.41, 5.74) is 7.05. The van der Waals surface area contributed by atoms with Crippen molar-refractivity contribution in [2.24, 2.45) is 5.73 Å². The first kappa shape index (κ1) is 20.3. The van der Waals surface area contributed by atoms with Crippen LogP contribution in [-0.4, -0.2) is 41.7 Å². The van der Waals surface area contributed by atoms with E-state index < -0.39 is 23.1 Å². The molecule has 0 unspecified atom stereocenters. The van der Waals surface area contributed by atoms with Crippen LogP contribution < -0.4 is 5.73 Å². The van der Waals surface area contributed by atoms with Gasteiger partial charge in [-0.1, -0.05) is 35.5 Å². The summed E-state index contributed by atoms with van der Waals surface area (Å²) in [5.74, 6) is -2.55. The van der Waals surface area contributed by atoms with E-state index in [0.29, 0.717) is 15.6 Å². The lowest BCUT2D eigenvalue weighted by atomic mass is 9.82. The number of carbonyl (C=O) groups is 3. The Morgan fingerprint density at radius 3 is 2.43 bits per heavy atom. The van der Waals surface area contributed by atoms with Gasteiger partial charge in [-0.05, 0) is 31.5 Å². The predicted octanol–water partition coefficient (Wildman–Crippen LogP) is 2.52. The second-order valence-electron chi connectivity index (χ2n) is 6.15. The van der Waals surface area contributed by atoms with Crippen LogP contribution in [0.15, 0.2) is 46.3 Å². The smallest absolute Gasteiger partial charge is 0.338 e. The Morgan fingerprint density at radius 2 is 1.86 bits per heavy atom. The summed E-state index contributed by atoms with van der Waals surface area (Å²) in [6, 6.07) is 6.70. The first-order valence-electron chi connectivity index (χ1n) is 8.57. The Morgan fingerprint density at radius 1 is 1.21 bits per heavy atom. The molecule has 1 saturated heterocycles. The van der Waals surface area contributed by atoms with Gasteiger partial charge in [-0.25, -0.2) is 9.59 Å². The molecule has 2 atom stereocenters. The number of rotatable bonds is 4. The van der Waals surface area contributed by atoms with Crippen molar-refractivity contribution in [1.82, 2.24) is 4.90 Å². The number of nitrogens with zero attached hydrogens (tertiary/aromatic N) is 1. The number of ether oxygens (including phenoxy) is 2. The molecule has 2 heterocycles. The summed E-state index contributed by atoms with van der Waals surface area (Å²) in [4.78, 5) is 39.4. The van der Waals surface area contributed by atoms with Gasteiger partial charge in [0.05, 0.1) is 41.1 Å². The van der Waals surface area contributed by atoms with Gasteiger partial charge in [0.15, 0.2) is 0 Å². The van der Waals surface area contributed by atoms with Crippen LogP contribution in [0.25, 0.3) is 0 Å². The average molecular weight is 423 g/mol. The monoisotopic (exact) mass is 422 g/mol. The fourth-order valence-corrected chi connectivity index (χ4v) is 4.52. The van der Waals surface area contributed by atoms with E-state index >= 15 is 0 Å². The van der Waals surface area contributed by atoms with Gasteiger partial charge in [0.25, 0.3) is 0 Å². The molecule has 0 saturated carbocycles. The predicted molar refractivity (Wildman–Crippen MR) is 105 cm³/mol. The summed E-state index contributed by atoms with van der Waals surface area (Å²) in [7, 11) is 1.22. The number of esters is 2. The summed E-state index contributed by atoms with van der Waals surface area (Å²) in [6.45, 7) is 3.54. The van der Waals surface area contributed by atoms with E-state index in [4.69, 9.17) is 26.8 Å². The summed E-state index contributed by atoms with van der Waals surface area (Å²) in [5, 5.41) is 0.420. The maximum absolute atomic E-state index is 12.9. The van der Waals surface area contributed by atoms with Crippen LogP contribution in [0.5, 0.6) is 0 Å². The number of carbonyl (C=O) groups excluding carboxylic acids is 3. The number of fused-ring (bicyclic) bond motifs is 1. The van der Waals surface area contributed by atoms with Crippen molar-refractivity contribution in [1.29, 1.82) is 0 Å². The maximum Gasteiger partial charge on any atom is 0.338 e. The Labute approximate surface area is 171 Å². The van der Waals surface area contributed by atoms with E-state index in [1.54, 1.807) is 38.1 Å². The summed E-state index contributed by atoms with van der Waals surface area (Å²) in [6.07, 6.45) is 0. The summed E-state index contributed by atoms with van der Waals surface area (Å²) < 4.78 is 10.2. The largest absolute Gasteiger partial charge is 0.466 e. The molecule has 0 aromatic heterocycles. The molecule has 0 radical (unpaired) electrons. The van der Waals surface area contributed by atoms with Gasteiger partial charge in [0, 0.05) is 5.02 Å². The molecular weight excluding hydrogens is 404 g/mol. The van der Waals surface area contributed by atoms with Crippen molar-refractivity contribution >= 4 is 41.2 Å². The Hall–Kier alpha value is -2.45. The SMILES string of the molecule is CCOC(=O)C1=C2S[C@H](C)C(=O)N2C(N)=C(C(=O)OC)[C@H]1c1ccc(Cl)cc1. The third-order valence-corrected chi connectivity index (χ3v) is 5.92. The Bertz CT molecular complexity index is 909. The van der Waals surface area contributed by atoms with Crippen molar-refractivity contribution in [2.45, 2.75) is 25.0 Å². The quantitative estimate of drug-likeness (QED) is 0.744. The number of benzene rings is 1. The third kappa shape index (κ3) is 3.27. The van der Waals surface area contributed by atoms with Crippen molar-refractivity contribution in [3.8, 4) is 0 Å². The maximum atomic E-state index is 12.9. The topological polar surface area (TPSA) is 98.9 Å². The van der Waals surface area contributed by atoms with Gasteiger partial charge in [0.1, 0.15) is 5.82 Å². The highest BCUT2D eigenvalue weighted by atomic mass is 35.5. The third-order valence-electron chi connectivity index (χ3n) is 4.49. The zero-order valence-corrected chi connectivity index (χ0v) is 17.1. The number of hydrogen-bond donors (Lipinski definition) is 1. The molecule has 2 N–H and O–H groups in total. The highest BCUT2D eigenvalue weighted by Gasteiger charge is 2.48. The molecule has 2 aliphatic heterocycles. The van der Waals surface area contributed by atoms with Crippen LogP contribution in [0.1, 0.15) is 25.3 Å². The van der Waals surface area contributed by atoms with E-state index in [2.05, 4.69) is 0 Å².